The van der Waals surface area contributed by atoms with E-state index < -0.39 is 23.1 Å². The first-order valence-electron chi connectivity index (χ1n) is 9.39. The van der Waals surface area contributed by atoms with Crippen LogP contribution in [0.1, 0.15) is 47.0 Å². The molecule has 0 bridgehead atoms. The Balaban J connectivity index is 2.25. The second kappa shape index (κ2) is 7.93. The highest BCUT2D eigenvalue weighted by molar-refractivity contribution is 5.82. The van der Waals surface area contributed by atoms with Crippen LogP contribution in [0.15, 0.2) is 48.6 Å². The average Bonchev–Trinajstić information content (AvgIpc) is 2.57. The summed E-state index contributed by atoms with van der Waals surface area (Å²) in [5.41, 5.74) is -1.94. The summed E-state index contributed by atoms with van der Waals surface area (Å²) in [5, 5.41) is 20.9. The van der Waals surface area contributed by atoms with E-state index in [2.05, 4.69) is 13.8 Å². The van der Waals surface area contributed by atoms with Crippen LogP contribution in [-0.4, -0.2) is 34.5 Å². The van der Waals surface area contributed by atoms with Crippen molar-refractivity contribution in [3.63, 3.8) is 0 Å². The summed E-state index contributed by atoms with van der Waals surface area (Å²) in [4.78, 5) is 12.3. The van der Waals surface area contributed by atoms with Gasteiger partial charge >= 0.3 is 5.97 Å². The second-order valence-corrected chi connectivity index (χ2v) is 8.35. The minimum absolute atomic E-state index is 0.0678. The van der Waals surface area contributed by atoms with Gasteiger partial charge in [-0.1, -0.05) is 63.6 Å². The molecule has 4 nitrogen and oxygen atoms in total. The molecule has 0 aliphatic heterocycles. The zero-order valence-corrected chi connectivity index (χ0v) is 16.3. The monoisotopic (exact) mass is 360 g/mol. The number of hydrogen-bond acceptors (Lipinski definition) is 4. The number of allylic oxidation sites excluding steroid dienone is 5. The summed E-state index contributed by atoms with van der Waals surface area (Å²) >= 11 is 0. The van der Waals surface area contributed by atoms with Crippen LogP contribution in [0, 0.1) is 16.7 Å². The van der Waals surface area contributed by atoms with Gasteiger partial charge in [-0.25, -0.2) is 4.79 Å². The molecule has 0 aromatic rings. The molecule has 0 amide bonds. The van der Waals surface area contributed by atoms with Crippen LogP contribution in [0.3, 0.4) is 0 Å². The number of esters is 1. The molecule has 0 aromatic heterocycles. The number of aliphatic hydroxyl groups is 2. The standard InChI is InChI=1S/C22H32O4/c1-5-6-7-8-9-11-18(24)26-17-12-15-22(25,16-23)21(4)14-10-13-20(2,3)19(17)21/h5-9,11-12,15,17,19,23,25H,10,13-14,16H2,1-4H3/b6-5+,8-7+,11-9+/t17?,19-,21-,22+/m0/s1. The van der Waals surface area contributed by atoms with Crippen molar-refractivity contribution < 1.29 is 19.7 Å². The van der Waals surface area contributed by atoms with Crippen molar-refractivity contribution in [2.24, 2.45) is 16.7 Å². The van der Waals surface area contributed by atoms with E-state index in [1.807, 2.05) is 32.1 Å². The molecule has 2 N–H and O–H groups in total. The lowest BCUT2D eigenvalue weighted by Gasteiger charge is -2.59. The maximum absolute atomic E-state index is 12.3. The van der Waals surface area contributed by atoms with Crippen LogP contribution in [0.5, 0.6) is 0 Å². The lowest BCUT2D eigenvalue weighted by molar-refractivity contribution is -0.191. The first-order valence-corrected chi connectivity index (χ1v) is 9.39. The summed E-state index contributed by atoms with van der Waals surface area (Å²) in [6.45, 7) is 7.91. The molecule has 0 heterocycles. The number of carbonyl (C=O) groups excluding carboxylic acids is 1. The van der Waals surface area contributed by atoms with E-state index >= 15 is 0 Å². The molecule has 0 aromatic carbocycles. The summed E-state index contributed by atoms with van der Waals surface area (Å²) < 4.78 is 5.75. The first kappa shape index (κ1) is 20.7. The molecule has 2 aliphatic rings. The maximum atomic E-state index is 12.3. The summed E-state index contributed by atoms with van der Waals surface area (Å²) in [5.74, 6) is -0.468. The van der Waals surface area contributed by atoms with E-state index in [0.717, 1.165) is 19.3 Å². The topological polar surface area (TPSA) is 66.8 Å². The molecule has 144 valence electrons. The fourth-order valence-corrected chi connectivity index (χ4v) is 4.82. The molecule has 4 atom stereocenters. The van der Waals surface area contributed by atoms with E-state index in [4.69, 9.17) is 4.74 Å². The predicted molar refractivity (Wildman–Crippen MR) is 103 cm³/mol. The minimum Gasteiger partial charge on any atom is -0.455 e. The van der Waals surface area contributed by atoms with Gasteiger partial charge in [-0.05, 0) is 31.3 Å². The molecule has 0 saturated heterocycles. The lowest BCUT2D eigenvalue weighted by atomic mass is 9.48. The third kappa shape index (κ3) is 3.86. The molecule has 0 spiro atoms. The van der Waals surface area contributed by atoms with E-state index in [1.54, 1.807) is 24.3 Å². The molecule has 2 rings (SSSR count). The van der Waals surface area contributed by atoms with Crippen LogP contribution in [0.25, 0.3) is 0 Å². The number of hydrogen-bond donors (Lipinski definition) is 2. The van der Waals surface area contributed by atoms with Gasteiger partial charge in [-0.15, -0.1) is 0 Å². The SMILES string of the molecule is C/C=C/C=C/C=C/C(=O)OC1C=C[C@@](O)(CO)[C@@]2(C)CCCC(C)(C)[C@H]12. The minimum atomic E-state index is -1.29. The van der Waals surface area contributed by atoms with E-state index in [0.29, 0.717) is 0 Å². The van der Waals surface area contributed by atoms with E-state index in [9.17, 15) is 15.0 Å². The average molecular weight is 360 g/mol. The fourth-order valence-electron chi connectivity index (χ4n) is 4.82. The Morgan fingerprint density at radius 3 is 2.54 bits per heavy atom. The highest BCUT2D eigenvalue weighted by Gasteiger charge is 2.61. The van der Waals surface area contributed by atoms with Crippen LogP contribution in [0.4, 0.5) is 0 Å². The van der Waals surface area contributed by atoms with Gasteiger partial charge in [0.25, 0.3) is 0 Å². The Hall–Kier alpha value is -1.65. The van der Waals surface area contributed by atoms with Crippen molar-refractivity contribution in [3.8, 4) is 0 Å². The van der Waals surface area contributed by atoms with Gasteiger partial charge in [0.05, 0.1) is 6.61 Å². The highest BCUT2D eigenvalue weighted by Crippen LogP contribution is 2.59. The summed E-state index contributed by atoms with van der Waals surface area (Å²) in [6.07, 6.45) is 16.2. The predicted octanol–water partition coefficient (Wildman–Crippen LogP) is 3.71. The van der Waals surface area contributed by atoms with Gasteiger partial charge < -0.3 is 14.9 Å². The Kier molecular flexibility index (Phi) is 6.30. The summed E-state index contributed by atoms with van der Waals surface area (Å²) in [7, 11) is 0. The molecule has 26 heavy (non-hydrogen) atoms. The highest BCUT2D eigenvalue weighted by atomic mass is 16.5. The second-order valence-electron chi connectivity index (χ2n) is 8.35. The van der Waals surface area contributed by atoms with Gasteiger partial charge in [0, 0.05) is 17.4 Å². The lowest BCUT2D eigenvalue weighted by Crippen LogP contribution is -2.63. The van der Waals surface area contributed by atoms with Gasteiger partial charge in [0.1, 0.15) is 11.7 Å². The number of rotatable bonds is 5. The smallest absolute Gasteiger partial charge is 0.331 e. The van der Waals surface area contributed by atoms with Crippen molar-refractivity contribution in [1.82, 2.24) is 0 Å². The molecule has 1 saturated carbocycles. The van der Waals surface area contributed by atoms with Crippen molar-refractivity contribution in [2.45, 2.75) is 58.7 Å². The Labute approximate surface area is 156 Å². The normalized spacial score (nSPS) is 36.7. The van der Waals surface area contributed by atoms with Gasteiger partial charge in [0.2, 0.25) is 0 Å². The Bertz CT molecular complexity index is 628. The van der Waals surface area contributed by atoms with Crippen molar-refractivity contribution in [1.29, 1.82) is 0 Å². The molecular formula is C22H32O4. The van der Waals surface area contributed by atoms with Crippen LogP contribution in [-0.2, 0) is 9.53 Å². The maximum Gasteiger partial charge on any atom is 0.331 e. The number of aliphatic hydroxyl groups excluding tert-OH is 1. The molecule has 4 heteroatoms. The van der Waals surface area contributed by atoms with Crippen LogP contribution >= 0.6 is 0 Å². The van der Waals surface area contributed by atoms with E-state index in [-0.39, 0.29) is 17.9 Å². The zero-order valence-electron chi connectivity index (χ0n) is 16.3. The zero-order chi connectivity index (χ0) is 19.4. The number of fused-ring (bicyclic) bond motifs is 1. The number of carbonyl (C=O) groups is 1. The third-order valence-electron chi connectivity index (χ3n) is 6.18. The quantitative estimate of drug-likeness (QED) is 0.339. The molecule has 1 unspecified atom stereocenters. The van der Waals surface area contributed by atoms with Crippen LogP contribution < -0.4 is 0 Å². The van der Waals surface area contributed by atoms with E-state index in [1.165, 1.54) is 6.08 Å². The fraction of sp³-hybridized carbons (Fsp3) is 0.591. The largest absolute Gasteiger partial charge is 0.455 e. The van der Waals surface area contributed by atoms with Crippen molar-refractivity contribution >= 4 is 5.97 Å². The van der Waals surface area contributed by atoms with Gasteiger partial charge in [-0.3, -0.25) is 0 Å². The molecular weight excluding hydrogens is 328 g/mol. The van der Waals surface area contributed by atoms with Crippen molar-refractivity contribution in [3.05, 3.63) is 48.6 Å². The Morgan fingerprint density at radius 1 is 1.19 bits per heavy atom. The molecule has 2 aliphatic carbocycles. The van der Waals surface area contributed by atoms with Crippen molar-refractivity contribution in [2.75, 3.05) is 6.61 Å². The molecule has 0 radical (unpaired) electrons. The van der Waals surface area contributed by atoms with Gasteiger partial charge in [0.15, 0.2) is 0 Å². The van der Waals surface area contributed by atoms with Crippen LogP contribution in [0.2, 0.25) is 0 Å². The van der Waals surface area contributed by atoms with Gasteiger partial charge in [-0.2, -0.15) is 0 Å². The first-order chi connectivity index (χ1) is 12.2. The summed E-state index contributed by atoms with van der Waals surface area (Å²) in [6, 6.07) is 0. The third-order valence-corrected chi connectivity index (χ3v) is 6.18. The number of ether oxygens (including phenoxy) is 1. The Morgan fingerprint density at radius 2 is 1.88 bits per heavy atom. The molecule has 1 fully saturated rings.